The molecule has 0 radical (unpaired) electrons. The van der Waals surface area contributed by atoms with Crippen molar-refractivity contribution in [3.63, 3.8) is 0 Å². The van der Waals surface area contributed by atoms with Gasteiger partial charge in [-0.1, -0.05) is 0 Å². The van der Waals surface area contributed by atoms with Gasteiger partial charge in [0.15, 0.2) is 0 Å². The number of carbonyl (C=O) groups excluding carboxylic acids is 1. The third-order valence-corrected chi connectivity index (χ3v) is 4.85. The molecule has 0 bridgehead atoms. The fourth-order valence-corrected chi connectivity index (χ4v) is 3.35. The first-order chi connectivity index (χ1) is 15.0. The molecule has 0 spiro atoms. The number of amides is 1. The molecule has 1 aromatic heterocycles. The van der Waals surface area contributed by atoms with Crippen LogP contribution >= 0.6 is 0 Å². The Morgan fingerprint density at radius 2 is 1.66 bits per heavy atom. The highest BCUT2D eigenvalue weighted by molar-refractivity contribution is 5.87. The largest absolute Gasteiger partial charge is 0.339 e. The molecule has 3 N–H and O–H groups in total. The minimum atomic E-state index is -1.15. The van der Waals surface area contributed by atoms with Crippen LogP contribution in [0.15, 0.2) is 42.6 Å². The van der Waals surface area contributed by atoms with E-state index in [1.54, 1.807) is 13.8 Å². The zero-order chi connectivity index (χ0) is 23.2. The van der Waals surface area contributed by atoms with Crippen LogP contribution < -0.4 is 11.1 Å². The van der Waals surface area contributed by atoms with Crippen molar-refractivity contribution >= 4 is 23.6 Å². The maximum absolute atomic E-state index is 14.6. The number of nitrogens with one attached hydrogen (secondary N) is 1. The number of hydrogen-bond acceptors (Lipinski definition) is 4. The maximum atomic E-state index is 14.6. The molecular formula is C22H19F4N5O. The summed E-state index contributed by atoms with van der Waals surface area (Å²) in [6.07, 6.45) is 2.97. The van der Waals surface area contributed by atoms with Crippen LogP contribution in [0, 0.1) is 23.3 Å². The molecule has 1 aliphatic heterocycles. The Hall–Kier alpha value is -3.66. The average molecular weight is 445 g/mol. The molecule has 0 saturated carbocycles. The zero-order valence-corrected chi connectivity index (χ0v) is 17.2. The first kappa shape index (κ1) is 21.6. The average Bonchev–Trinajstić information content (AvgIpc) is 3.04. The Kier molecular flexibility index (Phi) is 5.25. The molecule has 6 nitrogen and oxygen atoms in total. The van der Waals surface area contributed by atoms with E-state index < -0.39 is 34.4 Å². The summed E-state index contributed by atoms with van der Waals surface area (Å²) in [5, 5.41) is 2.98. The summed E-state index contributed by atoms with van der Waals surface area (Å²) in [6.45, 7) is 3.10. The minimum Gasteiger partial charge on any atom is -0.339 e. The van der Waals surface area contributed by atoms with E-state index in [4.69, 9.17) is 5.73 Å². The number of carbonyl (C=O) groups is 1. The summed E-state index contributed by atoms with van der Waals surface area (Å²) >= 11 is 0. The van der Waals surface area contributed by atoms with Crippen molar-refractivity contribution in [1.82, 2.24) is 14.5 Å². The van der Waals surface area contributed by atoms with Crippen molar-refractivity contribution in [2.75, 3.05) is 5.32 Å². The number of hydrogen-bond donors (Lipinski definition) is 2. The van der Waals surface area contributed by atoms with Gasteiger partial charge in [0.05, 0.1) is 17.6 Å². The molecule has 166 valence electrons. The predicted octanol–water partition coefficient (Wildman–Crippen LogP) is 4.36. The van der Waals surface area contributed by atoms with E-state index in [0.717, 1.165) is 0 Å². The van der Waals surface area contributed by atoms with E-state index in [0.29, 0.717) is 17.8 Å². The summed E-state index contributed by atoms with van der Waals surface area (Å²) < 4.78 is 57.5. The number of nitrogens with two attached hydrogens (primary N) is 1. The highest BCUT2D eigenvalue weighted by atomic mass is 19.1. The molecule has 2 aromatic carbocycles. The van der Waals surface area contributed by atoms with Gasteiger partial charge in [-0.2, -0.15) is 0 Å². The quantitative estimate of drug-likeness (QED) is 0.586. The van der Waals surface area contributed by atoms with E-state index in [-0.39, 0.29) is 29.8 Å². The molecule has 0 atom stereocenters. The van der Waals surface area contributed by atoms with E-state index in [1.165, 1.54) is 46.1 Å². The third-order valence-electron chi connectivity index (χ3n) is 4.85. The van der Waals surface area contributed by atoms with Crippen LogP contribution in [-0.4, -0.2) is 25.9 Å². The van der Waals surface area contributed by atoms with Crippen LogP contribution in [0.1, 0.15) is 19.7 Å². The molecule has 3 aromatic rings. The van der Waals surface area contributed by atoms with Crippen LogP contribution in [-0.2, 0) is 11.3 Å². The van der Waals surface area contributed by atoms with Gasteiger partial charge in [-0.05, 0) is 38.1 Å². The maximum Gasteiger partial charge on any atom is 0.246 e. The number of anilines is 2. The summed E-state index contributed by atoms with van der Waals surface area (Å²) in [5.41, 5.74) is 4.50. The van der Waals surface area contributed by atoms with Crippen LogP contribution in [0.3, 0.4) is 0 Å². The number of nitrogens with zero attached hydrogens (tertiary/aromatic N) is 3. The standard InChI is InChI=1S/C22H19F4N5O/c1-22(2,27)21(32)30-7-8-31-17(11-30)29-19(18-15(25)9-13(24)10-16(18)26)20(31)28-14-5-3-12(23)4-6-14/h3-10,28H,11,27H2,1-2H3. The Labute approximate surface area is 181 Å². The van der Waals surface area contributed by atoms with E-state index >= 15 is 0 Å². The van der Waals surface area contributed by atoms with Crippen molar-refractivity contribution < 1.29 is 22.4 Å². The highest BCUT2D eigenvalue weighted by Gasteiger charge is 2.31. The fourth-order valence-electron chi connectivity index (χ4n) is 3.35. The van der Waals surface area contributed by atoms with E-state index in [9.17, 15) is 22.4 Å². The highest BCUT2D eigenvalue weighted by Crippen LogP contribution is 2.36. The molecule has 1 amide bonds. The lowest BCUT2D eigenvalue weighted by atomic mass is 10.1. The number of fused-ring (bicyclic) bond motifs is 1. The third kappa shape index (κ3) is 3.96. The second-order valence-electron chi connectivity index (χ2n) is 7.92. The van der Waals surface area contributed by atoms with Gasteiger partial charge in [0.1, 0.15) is 40.6 Å². The van der Waals surface area contributed by atoms with Gasteiger partial charge in [0.25, 0.3) is 0 Å². The summed E-state index contributed by atoms with van der Waals surface area (Å²) in [4.78, 5) is 18.2. The Morgan fingerprint density at radius 1 is 1.03 bits per heavy atom. The van der Waals surface area contributed by atoms with Gasteiger partial charge in [-0.15, -0.1) is 0 Å². The number of aromatic nitrogens is 2. The first-order valence-corrected chi connectivity index (χ1v) is 9.61. The van der Waals surface area contributed by atoms with Crippen molar-refractivity contribution in [1.29, 1.82) is 0 Å². The molecule has 4 rings (SSSR count). The Bertz CT molecular complexity index is 1210. The minimum absolute atomic E-state index is 0.0154. The van der Waals surface area contributed by atoms with Gasteiger partial charge < -0.3 is 16.0 Å². The Morgan fingerprint density at radius 3 is 2.25 bits per heavy atom. The smallest absolute Gasteiger partial charge is 0.246 e. The summed E-state index contributed by atoms with van der Waals surface area (Å²) in [5.74, 6) is -3.74. The van der Waals surface area contributed by atoms with Gasteiger partial charge in [-0.25, -0.2) is 22.5 Å². The second-order valence-corrected chi connectivity index (χ2v) is 7.92. The molecular weight excluding hydrogens is 426 g/mol. The number of rotatable bonds is 4. The number of benzene rings is 2. The van der Waals surface area contributed by atoms with E-state index in [2.05, 4.69) is 10.3 Å². The van der Waals surface area contributed by atoms with Crippen LogP contribution in [0.4, 0.5) is 29.1 Å². The first-order valence-electron chi connectivity index (χ1n) is 9.61. The van der Waals surface area contributed by atoms with Gasteiger partial charge in [0, 0.05) is 30.2 Å². The van der Waals surface area contributed by atoms with Crippen molar-refractivity contribution in [2.45, 2.75) is 25.9 Å². The van der Waals surface area contributed by atoms with Gasteiger partial charge in [0.2, 0.25) is 5.91 Å². The molecule has 10 heteroatoms. The molecule has 1 aliphatic rings. The molecule has 2 heterocycles. The topological polar surface area (TPSA) is 76.2 Å². The lowest BCUT2D eigenvalue weighted by Gasteiger charge is -2.28. The summed E-state index contributed by atoms with van der Waals surface area (Å²) in [6, 6.07) is 6.43. The molecule has 32 heavy (non-hydrogen) atoms. The molecule has 0 unspecified atom stereocenters. The predicted molar refractivity (Wildman–Crippen MR) is 111 cm³/mol. The van der Waals surface area contributed by atoms with Gasteiger partial charge >= 0.3 is 0 Å². The monoisotopic (exact) mass is 445 g/mol. The lowest BCUT2D eigenvalue weighted by molar-refractivity contribution is -0.133. The lowest BCUT2D eigenvalue weighted by Crippen LogP contribution is -2.49. The fraction of sp³-hybridized carbons (Fsp3) is 0.182. The van der Waals surface area contributed by atoms with Crippen molar-refractivity contribution in [3.05, 3.63) is 71.7 Å². The molecule has 0 fully saturated rings. The number of imidazole rings is 1. The SMILES string of the molecule is CC(C)(N)C(=O)N1C=Cn2c(nc(-c3c(F)cc(F)cc3F)c2Nc2ccc(F)cc2)C1. The van der Waals surface area contributed by atoms with E-state index in [1.807, 2.05) is 0 Å². The number of halogens is 4. The van der Waals surface area contributed by atoms with Crippen molar-refractivity contribution in [3.8, 4) is 11.3 Å². The normalized spacial score (nSPS) is 13.3. The van der Waals surface area contributed by atoms with Crippen LogP contribution in [0.5, 0.6) is 0 Å². The second kappa shape index (κ2) is 7.79. The van der Waals surface area contributed by atoms with Gasteiger partial charge in [-0.3, -0.25) is 9.36 Å². The van der Waals surface area contributed by atoms with Crippen LogP contribution in [0.2, 0.25) is 0 Å². The zero-order valence-electron chi connectivity index (χ0n) is 17.2. The van der Waals surface area contributed by atoms with Crippen LogP contribution in [0.25, 0.3) is 17.5 Å². The molecule has 0 saturated heterocycles. The Balaban J connectivity index is 1.84. The summed E-state index contributed by atoms with van der Waals surface area (Å²) in [7, 11) is 0. The van der Waals surface area contributed by atoms with Crippen molar-refractivity contribution in [2.24, 2.45) is 5.73 Å². The molecule has 0 aliphatic carbocycles.